The summed E-state index contributed by atoms with van der Waals surface area (Å²) in [5, 5.41) is 15.9. The van der Waals surface area contributed by atoms with Crippen LogP contribution in [0.1, 0.15) is 23.0 Å². The Morgan fingerprint density at radius 1 is 1.50 bits per heavy atom. The maximum absolute atomic E-state index is 11.1. The molecule has 0 atom stereocenters. The van der Waals surface area contributed by atoms with Crippen molar-refractivity contribution in [1.29, 1.82) is 0 Å². The molecule has 2 aromatic heterocycles. The van der Waals surface area contributed by atoms with Crippen LogP contribution in [-0.2, 0) is 6.42 Å². The number of hydrogen-bond donors (Lipinski definition) is 2. The number of aromatic amines is 1. The molecule has 0 aliphatic heterocycles. The Bertz CT molecular complexity index is 505. The maximum Gasteiger partial charge on any atom is 0.339 e. The van der Waals surface area contributed by atoms with E-state index in [0.29, 0.717) is 23.5 Å². The monoisotopic (exact) mass is 217 g/mol. The molecule has 2 N–H and O–H groups in total. The van der Waals surface area contributed by atoms with Gasteiger partial charge in [0.15, 0.2) is 0 Å². The van der Waals surface area contributed by atoms with Crippen LogP contribution in [0.5, 0.6) is 0 Å². The molecule has 0 saturated heterocycles. The Balaban J connectivity index is 2.58. The molecule has 0 fully saturated rings. The first-order valence-electron chi connectivity index (χ1n) is 4.96. The number of rotatable bonds is 3. The molecule has 0 bridgehead atoms. The van der Waals surface area contributed by atoms with Crippen LogP contribution in [0, 0.1) is 0 Å². The predicted octanol–water partition coefficient (Wildman–Crippen LogP) is 1.73. The zero-order chi connectivity index (χ0) is 11.5. The van der Waals surface area contributed by atoms with Crippen LogP contribution in [0.3, 0.4) is 0 Å². The second-order valence-electron chi connectivity index (χ2n) is 3.30. The van der Waals surface area contributed by atoms with Crippen molar-refractivity contribution in [2.75, 3.05) is 0 Å². The fraction of sp³-hybridized carbons (Fsp3) is 0.182. The van der Waals surface area contributed by atoms with Crippen LogP contribution in [0.2, 0.25) is 0 Å². The minimum absolute atomic E-state index is 0.209. The summed E-state index contributed by atoms with van der Waals surface area (Å²) in [4.78, 5) is 15.2. The lowest BCUT2D eigenvalue weighted by atomic mass is 10.1. The summed E-state index contributed by atoms with van der Waals surface area (Å²) < 4.78 is 0. The fourth-order valence-electron chi connectivity index (χ4n) is 1.55. The number of carboxylic acids is 1. The van der Waals surface area contributed by atoms with Crippen molar-refractivity contribution in [3.05, 3.63) is 35.7 Å². The van der Waals surface area contributed by atoms with E-state index in [1.807, 2.05) is 6.92 Å². The van der Waals surface area contributed by atoms with Gasteiger partial charge in [-0.1, -0.05) is 13.0 Å². The smallest absolute Gasteiger partial charge is 0.339 e. The van der Waals surface area contributed by atoms with Crippen molar-refractivity contribution in [3.63, 3.8) is 0 Å². The van der Waals surface area contributed by atoms with Crippen molar-refractivity contribution in [2.24, 2.45) is 0 Å². The summed E-state index contributed by atoms with van der Waals surface area (Å²) in [5.74, 6) is -0.980. The molecule has 0 aromatic carbocycles. The van der Waals surface area contributed by atoms with Gasteiger partial charge in [-0.15, -0.1) is 0 Å². The van der Waals surface area contributed by atoms with Crippen LogP contribution in [0.25, 0.3) is 11.4 Å². The van der Waals surface area contributed by atoms with Gasteiger partial charge in [-0.2, -0.15) is 5.10 Å². The summed E-state index contributed by atoms with van der Waals surface area (Å²) in [7, 11) is 0. The Hall–Kier alpha value is -2.17. The molecule has 5 nitrogen and oxygen atoms in total. The molecule has 0 aliphatic rings. The third kappa shape index (κ3) is 1.67. The van der Waals surface area contributed by atoms with E-state index in [1.165, 1.54) is 0 Å². The van der Waals surface area contributed by atoms with Crippen molar-refractivity contribution >= 4 is 5.97 Å². The van der Waals surface area contributed by atoms with Gasteiger partial charge in [0, 0.05) is 6.20 Å². The van der Waals surface area contributed by atoms with Gasteiger partial charge in [0.05, 0.1) is 11.4 Å². The molecule has 0 aliphatic carbocycles. The maximum atomic E-state index is 11.1. The van der Waals surface area contributed by atoms with Gasteiger partial charge in [0.2, 0.25) is 0 Å². The molecule has 2 heterocycles. The van der Waals surface area contributed by atoms with Gasteiger partial charge in [-0.25, -0.2) is 4.79 Å². The van der Waals surface area contributed by atoms with Crippen molar-refractivity contribution in [2.45, 2.75) is 13.3 Å². The molecule has 2 aromatic rings. The summed E-state index contributed by atoms with van der Waals surface area (Å²) >= 11 is 0. The van der Waals surface area contributed by atoms with Crippen molar-refractivity contribution in [3.8, 4) is 11.4 Å². The van der Waals surface area contributed by atoms with Gasteiger partial charge in [0.1, 0.15) is 11.3 Å². The van der Waals surface area contributed by atoms with Crippen LogP contribution in [-0.4, -0.2) is 26.3 Å². The number of aryl methyl sites for hydroxylation is 1. The molecule has 0 saturated carbocycles. The molecule has 2 rings (SSSR count). The second kappa shape index (κ2) is 4.14. The second-order valence-corrected chi connectivity index (χ2v) is 3.30. The van der Waals surface area contributed by atoms with Crippen LogP contribution in [0.4, 0.5) is 0 Å². The van der Waals surface area contributed by atoms with E-state index in [4.69, 9.17) is 5.11 Å². The number of pyridine rings is 1. The molecule has 0 unspecified atom stereocenters. The Labute approximate surface area is 92.2 Å². The largest absolute Gasteiger partial charge is 0.478 e. The summed E-state index contributed by atoms with van der Waals surface area (Å²) in [6, 6.07) is 5.31. The lowest BCUT2D eigenvalue weighted by Crippen LogP contribution is -2.01. The quantitative estimate of drug-likeness (QED) is 0.820. The van der Waals surface area contributed by atoms with Crippen molar-refractivity contribution < 1.29 is 9.90 Å². The summed E-state index contributed by atoms with van der Waals surface area (Å²) in [6.07, 6.45) is 2.21. The van der Waals surface area contributed by atoms with E-state index in [2.05, 4.69) is 15.2 Å². The highest BCUT2D eigenvalue weighted by Gasteiger charge is 2.20. The lowest BCUT2D eigenvalue weighted by molar-refractivity contribution is 0.0696. The topological polar surface area (TPSA) is 78.9 Å². The van der Waals surface area contributed by atoms with Gasteiger partial charge in [-0.3, -0.25) is 10.1 Å². The number of H-pyrrole nitrogens is 1. The lowest BCUT2D eigenvalue weighted by Gasteiger charge is -1.98. The van der Waals surface area contributed by atoms with Gasteiger partial charge in [0.25, 0.3) is 0 Å². The van der Waals surface area contributed by atoms with Gasteiger partial charge >= 0.3 is 5.97 Å². The predicted molar refractivity (Wildman–Crippen MR) is 58.2 cm³/mol. The molecule has 82 valence electrons. The average molecular weight is 217 g/mol. The molecule has 0 spiro atoms. The number of aromatic carboxylic acids is 1. The van der Waals surface area contributed by atoms with Crippen LogP contribution < -0.4 is 0 Å². The molecule has 0 radical (unpaired) electrons. The number of carbonyl (C=O) groups is 1. The highest BCUT2D eigenvalue weighted by Crippen LogP contribution is 2.22. The Kier molecular flexibility index (Phi) is 2.68. The average Bonchev–Trinajstić information content (AvgIpc) is 2.73. The highest BCUT2D eigenvalue weighted by molar-refractivity contribution is 5.95. The van der Waals surface area contributed by atoms with E-state index in [-0.39, 0.29) is 5.56 Å². The van der Waals surface area contributed by atoms with Crippen LogP contribution in [0.15, 0.2) is 24.4 Å². The van der Waals surface area contributed by atoms with E-state index >= 15 is 0 Å². The summed E-state index contributed by atoms with van der Waals surface area (Å²) in [5.41, 5.74) is 1.79. The summed E-state index contributed by atoms with van der Waals surface area (Å²) in [6.45, 7) is 1.88. The normalized spacial score (nSPS) is 10.3. The zero-order valence-corrected chi connectivity index (χ0v) is 8.77. The third-order valence-electron chi connectivity index (χ3n) is 2.32. The number of nitrogens with zero attached hydrogens (tertiary/aromatic N) is 2. The van der Waals surface area contributed by atoms with Gasteiger partial charge < -0.3 is 5.11 Å². The first-order chi connectivity index (χ1) is 7.74. The van der Waals surface area contributed by atoms with Gasteiger partial charge in [-0.05, 0) is 18.6 Å². The fourth-order valence-corrected chi connectivity index (χ4v) is 1.55. The first-order valence-corrected chi connectivity index (χ1v) is 4.96. The number of nitrogens with one attached hydrogen (secondary N) is 1. The minimum atomic E-state index is -0.980. The molecule has 5 heteroatoms. The molecular formula is C11H11N3O2. The standard InChI is InChI=1S/C11H11N3O2/c1-2-7-9(11(15)16)10(14-13-7)8-5-3-4-6-12-8/h3-6H,2H2,1H3,(H,13,14)(H,15,16). The molecule has 16 heavy (non-hydrogen) atoms. The Morgan fingerprint density at radius 3 is 2.88 bits per heavy atom. The van der Waals surface area contributed by atoms with E-state index < -0.39 is 5.97 Å². The molecular weight excluding hydrogens is 206 g/mol. The number of hydrogen-bond acceptors (Lipinski definition) is 3. The number of carboxylic acid groups (broad SMARTS) is 1. The SMILES string of the molecule is CCc1[nH]nc(-c2ccccn2)c1C(=O)O. The number of aromatic nitrogens is 3. The first kappa shape index (κ1) is 10.4. The highest BCUT2D eigenvalue weighted by atomic mass is 16.4. The third-order valence-corrected chi connectivity index (χ3v) is 2.32. The zero-order valence-electron chi connectivity index (χ0n) is 8.77. The Morgan fingerprint density at radius 2 is 2.31 bits per heavy atom. The van der Waals surface area contributed by atoms with Crippen molar-refractivity contribution in [1.82, 2.24) is 15.2 Å². The van der Waals surface area contributed by atoms with E-state index in [1.54, 1.807) is 24.4 Å². The van der Waals surface area contributed by atoms with E-state index in [0.717, 1.165) is 0 Å². The van der Waals surface area contributed by atoms with Crippen LogP contribution >= 0.6 is 0 Å². The molecule has 0 amide bonds. The van der Waals surface area contributed by atoms with E-state index in [9.17, 15) is 4.79 Å². The minimum Gasteiger partial charge on any atom is -0.478 e.